The van der Waals surface area contributed by atoms with Crippen molar-refractivity contribution in [1.29, 1.82) is 0 Å². The molecule has 3 rings (SSSR count). The maximum atomic E-state index is 11.8. The van der Waals surface area contributed by atoms with Crippen LogP contribution in [0.25, 0.3) is 11.4 Å². The van der Waals surface area contributed by atoms with Gasteiger partial charge in [-0.1, -0.05) is 11.2 Å². The summed E-state index contributed by atoms with van der Waals surface area (Å²) in [4.78, 5) is 20.1. The number of hydrogen-bond donors (Lipinski definition) is 2. The van der Waals surface area contributed by atoms with Crippen LogP contribution in [-0.4, -0.2) is 39.3 Å². The first-order valence-corrected chi connectivity index (χ1v) is 8.03. The van der Waals surface area contributed by atoms with Gasteiger partial charge in [0.2, 0.25) is 0 Å². The van der Waals surface area contributed by atoms with Gasteiger partial charge in [-0.05, 0) is 31.2 Å². The van der Waals surface area contributed by atoms with E-state index < -0.39 is 0 Å². The van der Waals surface area contributed by atoms with Crippen LogP contribution in [0.4, 0.5) is 0 Å². The van der Waals surface area contributed by atoms with Gasteiger partial charge in [0.25, 0.3) is 5.91 Å². The minimum absolute atomic E-state index is 0.121. The zero-order chi connectivity index (χ0) is 18.4. The number of pyridine rings is 2. The Bertz CT molecular complexity index is 863. The van der Waals surface area contributed by atoms with Crippen molar-refractivity contribution in [2.24, 2.45) is 0 Å². The largest absolute Gasteiger partial charge is 0.487 e. The molecule has 3 heterocycles. The van der Waals surface area contributed by atoms with Crippen molar-refractivity contribution >= 4 is 5.91 Å². The molecule has 3 aromatic heterocycles. The molecule has 0 atom stereocenters. The van der Waals surface area contributed by atoms with Gasteiger partial charge in [0, 0.05) is 12.7 Å². The molecule has 8 heteroatoms. The number of rotatable bonds is 7. The normalized spacial score (nSPS) is 10.5. The van der Waals surface area contributed by atoms with Gasteiger partial charge in [0.05, 0.1) is 24.1 Å². The highest BCUT2D eigenvalue weighted by molar-refractivity contribution is 5.92. The number of carbonyl (C=O) groups is 1. The van der Waals surface area contributed by atoms with E-state index in [0.717, 1.165) is 5.56 Å². The summed E-state index contributed by atoms with van der Waals surface area (Å²) in [7, 11) is 0. The third-order valence-corrected chi connectivity index (χ3v) is 3.64. The second kappa shape index (κ2) is 8.21. The van der Waals surface area contributed by atoms with Gasteiger partial charge in [-0.3, -0.25) is 9.78 Å². The Morgan fingerprint density at radius 1 is 1.27 bits per heavy atom. The summed E-state index contributed by atoms with van der Waals surface area (Å²) in [5.74, 6) is 0.813. The predicted octanol–water partition coefficient (Wildman–Crippen LogP) is 1.74. The van der Waals surface area contributed by atoms with Gasteiger partial charge in [0.1, 0.15) is 29.5 Å². The third kappa shape index (κ3) is 4.04. The lowest BCUT2D eigenvalue weighted by Gasteiger charge is -2.07. The molecule has 0 aromatic carbocycles. The Morgan fingerprint density at radius 3 is 2.85 bits per heavy atom. The molecule has 0 aliphatic rings. The molecule has 8 nitrogen and oxygen atoms in total. The number of aliphatic hydroxyl groups is 1. The van der Waals surface area contributed by atoms with Gasteiger partial charge in [-0.2, -0.15) is 0 Å². The van der Waals surface area contributed by atoms with Crippen LogP contribution in [0.1, 0.15) is 21.8 Å². The molecule has 0 radical (unpaired) electrons. The Hall–Kier alpha value is -3.26. The van der Waals surface area contributed by atoms with Crippen LogP contribution in [0.3, 0.4) is 0 Å². The molecule has 2 N–H and O–H groups in total. The topological polar surface area (TPSA) is 110 Å². The fourth-order valence-corrected chi connectivity index (χ4v) is 2.28. The fourth-order valence-electron chi connectivity index (χ4n) is 2.28. The van der Waals surface area contributed by atoms with E-state index in [1.807, 2.05) is 25.1 Å². The lowest BCUT2D eigenvalue weighted by Crippen LogP contribution is -2.27. The maximum Gasteiger partial charge on any atom is 0.269 e. The number of aliphatic hydroxyl groups excluding tert-OH is 1. The van der Waals surface area contributed by atoms with Crippen molar-refractivity contribution in [3.8, 4) is 17.1 Å². The van der Waals surface area contributed by atoms with E-state index in [-0.39, 0.29) is 31.4 Å². The molecule has 1 amide bonds. The summed E-state index contributed by atoms with van der Waals surface area (Å²) in [5.41, 5.74) is 2.39. The summed E-state index contributed by atoms with van der Waals surface area (Å²) < 4.78 is 11.0. The second-order valence-electron chi connectivity index (χ2n) is 5.43. The number of hydrogen-bond acceptors (Lipinski definition) is 7. The number of nitrogens with zero attached hydrogens (tertiary/aromatic N) is 3. The molecule has 134 valence electrons. The third-order valence-electron chi connectivity index (χ3n) is 3.64. The van der Waals surface area contributed by atoms with Gasteiger partial charge >= 0.3 is 0 Å². The van der Waals surface area contributed by atoms with Crippen LogP contribution < -0.4 is 10.1 Å². The molecule has 0 aliphatic heterocycles. The molecular formula is C18H18N4O4. The average molecular weight is 354 g/mol. The van der Waals surface area contributed by atoms with E-state index in [1.54, 1.807) is 18.3 Å². The van der Waals surface area contributed by atoms with Crippen LogP contribution in [0.15, 0.2) is 47.2 Å². The van der Waals surface area contributed by atoms with Crippen LogP contribution in [0.5, 0.6) is 5.75 Å². The Balaban J connectivity index is 1.68. The first-order valence-electron chi connectivity index (χ1n) is 8.03. The van der Waals surface area contributed by atoms with Crippen molar-refractivity contribution in [3.63, 3.8) is 0 Å². The lowest BCUT2D eigenvalue weighted by molar-refractivity contribution is 0.0939. The predicted molar refractivity (Wildman–Crippen MR) is 92.5 cm³/mol. The Labute approximate surface area is 149 Å². The Morgan fingerprint density at radius 2 is 2.15 bits per heavy atom. The first kappa shape index (κ1) is 17.6. The van der Waals surface area contributed by atoms with E-state index in [4.69, 9.17) is 14.4 Å². The molecule has 0 saturated carbocycles. The van der Waals surface area contributed by atoms with E-state index in [9.17, 15) is 4.79 Å². The summed E-state index contributed by atoms with van der Waals surface area (Å²) >= 11 is 0. The van der Waals surface area contributed by atoms with E-state index in [0.29, 0.717) is 22.9 Å². The van der Waals surface area contributed by atoms with E-state index in [2.05, 4.69) is 20.4 Å². The fraction of sp³-hybridized carbons (Fsp3) is 0.222. The van der Waals surface area contributed by atoms with Crippen molar-refractivity contribution in [2.45, 2.75) is 13.5 Å². The lowest BCUT2D eigenvalue weighted by atomic mass is 10.1. The first-order chi connectivity index (χ1) is 12.7. The SMILES string of the molecule is Cc1onc(-c2ccccn2)c1COc1ccc(C(=O)NCCO)nc1. The molecule has 0 bridgehead atoms. The van der Waals surface area contributed by atoms with Crippen molar-refractivity contribution < 1.29 is 19.2 Å². The summed E-state index contributed by atoms with van der Waals surface area (Å²) in [6, 6.07) is 8.77. The quantitative estimate of drug-likeness (QED) is 0.665. The summed E-state index contributed by atoms with van der Waals surface area (Å²) in [6.07, 6.45) is 3.16. The standard InChI is InChI=1S/C18H18N4O4/c1-12-14(17(22-26-12)15-4-2-3-7-19-15)11-25-13-5-6-16(21-10-13)18(24)20-8-9-23/h2-7,10,23H,8-9,11H2,1H3,(H,20,24). The van der Waals surface area contributed by atoms with Crippen molar-refractivity contribution in [2.75, 3.05) is 13.2 Å². The van der Waals surface area contributed by atoms with Gasteiger partial charge in [-0.25, -0.2) is 4.98 Å². The molecular weight excluding hydrogens is 336 g/mol. The number of ether oxygens (including phenoxy) is 1. The zero-order valence-corrected chi connectivity index (χ0v) is 14.2. The van der Waals surface area contributed by atoms with Crippen LogP contribution in [0, 0.1) is 6.92 Å². The number of nitrogens with one attached hydrogen (secondary N) is 1. The monoisotopic (exact) mass is 354 g/mol. The molecule has 0 fully saturated rings. The number of aromatic nitrogens is 3. The van der Waals surface area contributed by atoms with Gasteiger partial charge in [0.15, 0.2) is 0 Å². The minimum Gasteiger partial charge on any atom is -0.487 e. The van der Waals surface area contributed by atoms with Crippen LogP contribution >= 0.6 is 0 Å². The van der Waals surface area contributed by atoms with Crippen molar-refractivity contribution in [1.82, 2.24) is 20.4 Å². The molecule has 3 aromatic rings. The molecule has 0 saturated heterocycles. The van der Waals surface area contributed by atoms with Crippen LogP contribution in [-0.2, 0) is 6.61 Å². The summed E-state index contributed by atoms with van der Waals surface area (Å²) in [5, 5.41) is 15.3. The molecule has 26 heavy (non-hydrogen) atoms. The van der Waals surface area contributed by atoms with Gasteiger partial charge in [-0.15, -0.1) is 0 Å². The molecule has 0 spiro atoms. The highest BCUT2D eigenvalue weighted by Gasteiger charge is 2.16. The number of aryl methyl sites for hydroxylation is 1. The van der Waals surface area contributed by atoms with Gasteiger partial charge < -0.3 is 19.7 Å². The van der Waals surface area contributed by atoms with Crippen LogP contribution in [0.2, 0.25) is 0 Å². The maximum absolute atomic E-state index is 11.8. The average Bonchev–Trinajstić information content (AvgIpc) is 3.06. The Kier molecular flexibility index (Phi) is 5.55. The summed E-state index contributed by atoms with van der Waals surface area (Å²) in [6.45, 7) is 2.11. The smallest absolute Gasteiger partial charge is 0.269 e. The van der Waals surface area contributed by atoms with E-state index in [1.165, 1.54) is 6.20 Å². The second-order valence-corrected chi connectivity index (χ2v) is 5.43. The van der Waals surface area contributed by atoms with Crippen molar-refractivity contribution in [3.05, 3.63) is 59.7 Å². The highest BCUT2D eigenvalue weighted by Crippen LogP contribution is 2.24. The van der Waals surface area contributed by atoms with E-state index >= 15 is 0 Å². The number of amides is 1. The highest BCUT2D eigenvalue weighted by atomic mass is 16.5. The minimum atomic E-state index is -0.349. The molecule has 0 aliphatic carbocycles. The molecule has 0 unspecified atom stereocenters. The number of carbonyl (C=O) groups excluding carboxylic acids is 1. The zero-order valence-electron chi connectivity index (χ0n) is 14.2.